The van der Waals surface area contributed by atoms with Crippen molar-refractivity contribution in [2.24, 2.45) is 0 Å². The van der Waals surface area contributed by atoms with Gasteiger partial charge in [0.25, 0.3) is 0 Å². The number of benzene rings is 1. The Morgan fingerprint density at radius 1 is 0.852 bits per heavy atom. The summed E-state index contributed by atoms with van der Waals surface area (Å²) in [6.07, 6.45) is 18.1. The third-order valence-electron chi connectivity index (χ3n) is 5.85. The molecule has 0 aliphatic rings. The zero-order chi connectivity index (χ0) is 19.3. The number of unbranched alkanes of at least 4 members (excludes halogenated alkanes) is 4. The zero-order valence-corrected chi connectivity index (χ0v) is 17.8. The van der Waals surface area contributed by atoms with Gasteiger partial charge in [-0.3, -0.25) is 0 Å². The first kappa shape index (κ1) is 21.7. The molecule has 1 heterocycles. The largest absolute Gasteiger partial charge is 0.348 e. The average Bonchev–Trinajstić information content (AvgIpc) is 3.22. The molecule has 0 radical (unpaired) electrons. The Morgan fingerprint density at radius 3 is 2.30 bits per heavy atom. The standard InChI is InChI=1S/C25H40N2/c1-4-6-7-8-9-13-22-15-17-23(18-16-22)21(3)12-10-14-24(11-5-2)25-26-19-20-27-25/h15-21,24H,4-14H2,1-3H3,(H,26,27). The van der Waals surface area contributed by atoms with Gasteiger partial charge in [-0.25, -0.2) is 4.98 Å². The van der Waals surface area contributed by atoms with Crippen molar-refractivity contribution < 1.29 is 0 Å². The lowest BCUT2D eigenvalue weighted by molar-refractivity contribution is 0.496. The molecule has 0 saturated heterocycles. The van der Waals surface area contributed by atoms with Gasteiger partial charge in [0, 0.05) is 18.3 Å². The van der Waals surface area contributed by atoms with Crippen LogP contribution in [-0.4, -0.2) is 9.97 Å². The second kappa shape index (κ2) is 12.8. The number of aryl methyl sites for hydroxylation is 1. The Labute approximate surface area is 167 Å². The number of nitrogens with one attached hydrogen (secondary N) is 1. The second-order valence-electron chi connectivity index (χ2n) is 8.20. The number of aromatic amines is 1. The second-order valence-corrected chi connectivity index (χ2v) is 8.20. The number of imidazole rings is 1. The fourth-order valence-corrected chi connectivity index (χ4v) is 4.05. The molecule has 1 aromatic carbocycles. The lowest BCUT2D eigenvalue weighted by Gasteiger charge is -2.16. The maximum Gasteiger partial charge on any atom is 0.109 e. The third kappa shape index (κ3) is 7.91. The summed E-state index contributed by atoms with van der Waals surface area (Å²) in [6.45, 7) is 6.92. The fraction of sp³-hybridized carbons (Fsp3) is 0.640. The molecule has 2 atom stereocenters. The molecule has 2 rings (SSSR count). The van der Waals surface area contributed by atoms with Crippen LogP contribution in [0.15, 0.2) is 36.7 Å². The summed E-state index contributed by atoms with van der Waals surface area (Å²) < 4.78 is 0. The molecule has 2 heteroatoms. The normalized spacial score (nSPS) is 13.6. The predicted octanol–water partition coefficient (Wildman–Crippen LogP) is 7.78. The van der Waals surface area contributed by atoms with Crippen LogP contribution in [0, 0.1) is 0 Å². The fourth-order valence-electron chi connectivity index (χ4n) is 4.05. The highest BCUT2D eigenvalue weighted by atomic mass is 14.9. The number of aromatic nitrogens is 2. The highest BCUT2D eigenvalue weighted by molar-refractivity contribution is 5.25. The molecule has 0 bridgehead atoms. The van der Waals surface area contributed by atoms with Crippen LogP contribution >= 0.6 is 0 Å². The van der Waals surface area contributed by atoms with Crippen molar-refractivity contribution in [2.75, 3.05) is 0 Å². The highest BCUT2D eigenvalue weighted by Crippen LogP contribution is 2.28. The lowest BCUT2D eigenvalue weighted by atomic mass is 9.90. The molecule has 1 N–H and O–H groups in total. The van der Waals surface area contributed by atoms with E-state index in [1.165, 1.54) is 87.6 Å². The van der Waals surface area contributed by atoms with Gasteiger partial charge < -0.3 is 4.98 Å². The number of hydrogen-bond acceptors (Lipinski definition) is 1. The molecule has 1 aromatic heterocycles. The first-order valence-corrected chi connectivity index (χ1v) is 11.3. The molecule has 2 unspecified atom stereocenters. The minimum Gasteiger partial charge on any atom is -0.348 e. The zero-order valence-electron chi connectivity index (χ0n) is 17.8. The van der Waals surface area contributed by atoms with Crippen LogP contribution in [-0.2, 0) is 6.42 Å². The molecule has 0 aliphatic carbocycles. The van der Waals surface area contributed by atoms with Crippen molar-refractivity contribution in [3.63, 3.8) is 0 Å². The molecular formula is C25H40N2. The summed E-state index contributed by atoms with van der Waals surface area (Å²) >= 11 is 0. The molecule has 0 amide bonds. The van der Waals surface area contributed by atoms with Crippen molar-refractivity contribution in [1.82, 2.24) is 9.97 Å². The lowest BCUT2D eigenvalue weighted by Crippen LogP contribution is -2.03. The van der Waals surface area contributed by atoms with E-state index >= 15 is 0 Å². The third-order valence-corrected chi connectivity index (χ3v) is 5.85. The van der Waals surface area contributed by atoms with E-state index in [4.69, 9.17) is 0 Å². The van der Waals surface area contributed by atoms with Crippen molar-refractivity contribution >= 4 is 0 Å². The smallest absolute Gasteiger partial charge is 0.109 e. The minimum absolute atomic E-state index is 0.590. The van der Waals surface area contributed by atoms with Crippen LogP contribution in [0.5, 0.6) is 0 Å². The van der Waals surface area contributed by atoms with E-state index < -0.39 is 0 Å². The molecule has 150 valence electrons. The number of H-pyrrole nitrogens is 1. The first-order chi connectivity index (χ1) is 13.2. The molecular weight excluding hydrogens is 328 g/mol. The summed E-state index contributed by atoms with van der Waals surface area (Å²) in [4.78, 5) is 7.80. The van der Waals surface area contributed by atoms with Gasteiger partial charge in [-0.05, 0) is 49.1 Å². The average molecular weight is 369 g/mol. The van der Waals surface area contributed by atoms with Crippen molar-refractivity contribution in [1.29, 1.82) is 0 Å². The van der Waals surface area contributed by atoms with E-state index in [0.717, 1.165) is 0 Å². The van der Waals surface area contributed by atoms with Crippen molar-refractivity contribution in [2.45, 2.75) is 103 Å². The summed E-state index contributed by atoms with van der Waals surface area (Å²) in [5.41, 5.74) is 3.00. The Kier molecular flexibility index (Phi) is 10.3. The van der Waals surface area contributed by atoms with E-state index in [1.807, 2.05) is 12.4 Å². The van der Waals surface area contributed by atoms with Crippen LogP contribution in [0.2, 0.25) is 0 Å². The van der Waals surface area contributed by atoms with Crippen molar-refractivity contribution in [3.8, 4) is 0 Å². The molecule has 27 heavy (non-hydrogen) atoms. The van der Waals surface area contributed by atoms with Crippen LogP contribution in [0.25, 0.3) is 0 Å². The van der Waals surface area contributed by atoms with E-state index in [1.54, 1.807) is 0 Å². The van der Waals surface area contributed by atoms with E-state index in [0.29, 0.717) is 11.8 Å². The van der Waals surface area contributed by atoms with Crippen LogP contribution < -0.4 is 0 Å². The predicted molar refractivity (Wildman–Crippen MR) is 117 cm³/mol. The molecule has 0 spiro atoms. The van der Waals surface area contributed by atoms with Crippen LogP contribution in [0.1, 0.15) is 114 Å². The van der Waals surface area contributed by atoms with Gasteiger partial charge in [0.1, 0.15) is 5.82 Å². The van der Waals surface area contributed by atoms with Crippen LogP contribution in [0.4, 0.5) is 0 Å². The van der Waals surface area contributed by atoms with E-state index in [2.05, 4.69) is 55.0 Å². The Balaban J connectivity index is 1.72. The van der Waals surface area contributed by atoms with Crippen molar-refractivity contribution in [3.05, 3.63) is 53.6 Å². The highest BCUT2D eigenvalue weighted by Gasteiger charge is 2.14. The van der Waals surface area contributed by atoms with Gasteiger partial charge in [-0.15, -0.1) is 0 Å². The van der Waals surface area contributed by atoms with Gasteiger partial charge >= 0.3 is 0 Å². The number of rotatable bonds is 14. The van der Waals surface area contributed by atoms with Gasteiger partial charge in [0.2, 0.25) is 0 Å². The SMILES string of the molecule is CCCCCCCc1ccc(C(C)CCCC(CCC)c2ncc[nH]2)cc1. The topological polar surface area (TPSA) is 28.7 Å². The summed E-state index contributed by atoms with van der Waals surface area (Å²) in [6, 6.07) is 9.44. The Morgan fingerprint density at radius 2 is 1.63 bits per heavy atom. The summed E-state index contributed by atoms with van der Waals surface area (Å²) in [5, 5.41) is 0. The molecule has 0 fully saturated rings. The van der Waals surface area contributed by atoms with E-state index in [-0.39, 0.29) is 0 Å². The molecule has 2 nitrogen and oxygen atoms in total. The molecule has 0 aliphatic heterocycles. The molecule has 2 aromatic rings. The van der Waals surface area contributed by atoms with Gasteiger partial charge in [0.05, 0.1) is 0 Å². The number of nitrogens with zero attached hydrogens (tertiary/aromatic N) is 1. The maximum absolute atomic E-state index is 4.49. The first-order valence-electron chi connectivity index (χ1n) is 11.3. The van der Waals surface area contributed by atoms with Gasteiger partial charge in [-0.1, -0.05) is 83.6 Å². The summed E-state index contributed by atoms with van der Waals surface area (Å²) in [7, 11) is 0. The molecule has 0 saturated carbocycles. The van der Waals surface area contributed by atoms with Crippen LogP contribution in [0.3, 0.4) is 0 Å². The Hall–Kier alpha value is -1.57. The van der Waals surface area contributed by atoms with Gasteiger partial charge in [0.15, 0.2) is 0 Å². The van der Waals surface area contributed by atoms with Gasteiger partial charge in [-0.2, -0.15) is 0 Å². The van der Waals surface area contributed by atoms with E-state index in [9.17, 15) is 0 Å². The number of hydrogen-bond donors (Lipinski definition) is 1. The Bertz CT molecular complexity index is 585. The summed E-state index contributed by atoms with van der Waals surface area (Å²) in [5.74, 6) is 2.41. The monoisotopic (exact) mass is 368 g/mol. The quantitative estimate of drug-likeness (QED) is 0.339. The minimum atomic E-state index is 0.590. The maximum atomic E-state index is 4.49.